The molecule has 0 unspecified atom stereocenters. The van der Waals surface area contributed by atoms with E-state index in [0.29, 0.717) is 12.8 Å². The van der Waals surface area contributed by atoms with E-state index < -0.39 is 0 Å². The zero-order valence-electron chi connectivity index (χ0n) is 10.6. The molecule has 0 fully saturated rings. The summed E-state index contributed by atoms with van der Waals surface area (Å²) in [5, 5.41) is 5.95. The second-order valence-electron chi connectivity index (χ2n) is 4.25. The minimum absolute atomic E-state index is 0.0390. The predicted molar refractivity (Wildman–Crippen MR) is 75.0 cm³/mol. The molecule has 0 aliphatic rings. The van der Waals surface area contributed by atoms with Gasteiger partial charge in [0.25, 0.3) is 0 Å². The van der Waals surface area contributed by atoms with Crippen LogP contribution in [0, 0.1) is 13.8 Å². The highest BCUT2D eigenvalue weighted by atomic mass is 32.1. The quantitative estimate of drug-likeness (QED) is 0.916. The van der Waals surface area contributed by atoms with Gasteiger partial charge in [0.05, 0.1) is 5.01 Å². The number of aromatic nitrogens is 1. The molecule has 94 valence electrons. The van der Waals surface area contributed by atoms with Gasteiger partial charge in [-0.15, -0.1) is 11.3 Å². The average Bonchev–Trinajstić information content (AvgIpc) is 2.76. The molecule has 0 aliphatic carbocycles. The van der Waals surface area contributed by atoms with E-state index in [9.17, 15) is 4.79 Å². The second kappa shape index (κ2) is 5.78. The van der Waals surface area contributed by atoms with Crippen molar-refractivity contribution in [2.45, 2.75) is 26.7 Å². The molecule has 1 amide bonds. The van der Waals surface area contributed by atoms with Gasteiger partial charge in [0.2, 0.25) is 5.91 Å². The molecule has 1 N–H and O–H groups in total. The van der Waals surface area contributed by atoms with E-state index in [2.05, 4.69) is 10.3 Å². The number of rotatable bonds is 4. The molecule has 2 rings (SSSR count). The number of hydrogen-bond donors (Lipinski definition) is 1. The number of anilines is 1. The van der Waals surface area contributed by atoms with Gasteiger partial charge in [0.1, 0.15) is 0 Å². The molecule has 18 heavy (non-hydrogen) atoms. The van der Waals surface area contributed by atoms with Gasteiger partial charge in [0.15, 0.2) is 0 Å². The van der Waals surface area contributed by atoms with E-state index >= 15 is 0 Å². The van der Waals surface area contributed by atoms with Crippen molar-refractivity contribution in [2.24, 2.45) is 0 Å². The minimum atomic E-state index is 0.0390. The van der Waals surface area contributed by atoms with Crippen LogP contribution in [0.5, 0.6) is 0 Å². The van der Waals surface area contributed by atoms with Crippen LogP contribution in [-0.2, 0) is 11.2 Å². The van der Waals surface area contributed by atoms with Crippen LogP contribution in [0.4, 0.5) is 5.69 Å². The normalized spacial score (nSPS) is 10.3. The number of aryl methyl sites for hydroxylation is 3. The molecule has 0 saturated carbocycles. The van der Waals surface area contributed by atoms with Gasteiger partial charge in [-0.05, 0) is 25.5 Å². The number of amides is 1. The van der Waals surface area contributed by atoms with E-state index in [1.165, 1.54) is 0 Å². The number of nitrogens with one attached hydrogen (secondary N) is 1. The number of thiazole rings is 1. The zero-order valence-corrected chi connectivity index (χ0v) is 11.4. The van der Waals surface area contributed by atoms with Gasteiger partial charge in [-0.2, -0.15) is 0 Å². The zero-order chi connectivity index (χ0) is 13.0. The summed E-state index contributed by atoms with van der Waals surface area (Å²) in [5.74, 6) is 0.0390. The predicted octanol–water partition coefficient (Wildman–Crippen LogP) is 3.33. The van der Waals surface area contributed by atoms with Crippen molar-refractivity contribution in [3.8, 4) is 0 Å². The molecule has 3 nitrogen and oxygen atoms in total. The largest absolute Gasteiger partial charge is 0.326 e. The highest BCUT2D eigenvalue weighted by Crippen LogP contribution is 2.15. The Bertz CT molecular complexity index is 548. The standard InChI is InChI=1S/C14H16N2OS/c1-10-5-3-4-6-12(10)16-13(17)7-8-14-15-11(2)9-18-14/h3-6,9H,7-8H2,1-2H3,(H,16,17). The van der Waals surface area contributed by atoms with E-state index in [0.717, 1.165) is 22.0 Å². The number of para-hydroxylation sites is 1. The molecule has 2 aromatic rings. The number of carbonyl (C=O) groups excluding carboxylic acids is 1. The van der Waals surface area contributed by atoms with Gasteiger partial charge in [-0.3, -0.25) is 4.79 Å². The van der Waals surface area contributed by atoms with E-state index in [4.69, 9.17) is 0 Å². The number of nitrogens with zero attached hydrogens (tertiary/aromatic N) is 1. The molecule has 0 aliphatic heterocycles. The summed E-state index contributed by atoms with van der Waals surface area (Å²) in [6, 6.07) is 7.79. The maximum absolute atomic E-state index is 11.8. The van der Waals surface area contributed by atoms with E-state index in [1.54, 1.807) is 11.3 Å². The van der Waals surface area contributed by atoms with Gasteiger partial charge >= 0.3 is 0 Å². The lowest BCUT2D eigenvalue weighted by Crippen LogP contribution is -2.13. The first-order valence-corrected chi connectivity index (χ1v) is 6.79. The van der Waals surface area contributed by atoms with Gasteiger partial charge in [-0.25, -0.2) is 4.98 Å². The molecular weight excluding hydrogens is 244 g/mol. The number of hydrogen-bond acceptors (Lipinski definition) is 3. The third-order valence-corrected chi connectivity index (χ3v) is 3.68. The fourth-order valence-corrected chi connectivity index (χ4v) is 2.44. The lowest BCUT2D eigenvalue weighted by atomic mass is 10.2. The summed E-state index contributed by atoms with van der Waals surface area (Å²) in [4.78, 5) is 16.2. The first-order valence-electron chi connectivity index (χ1n) is 5.91. The van der Waals surface area contributed by atoms with Crippen LogP contribution < -0.4 is 5.32 Å². The van der Waals surface area contributed by atoms with Gasteiger partial charge in [0, 0.05) is 29.6 Å². The maximum atomic E-state index is 11.8. The van der Waals surface area contributed by atoms with Crippen molar-refractivity contribution in [2.75, 3.05) is 5.32 Å². The molecule has 1 aromatic heterocycles. The Morgan fingerprint density at radius 3 is 2.78 bits per heavy atom. The third-order valence-electron chi connectivity index (χ3n) is 2.65. The first kappa shape index (κ1) is 12.8. The Morgan fingerprint density at radius 2 is 2.11 bits per heavy atom. The Labute approximate surface area is 111 Å². The van der Waals surface area contributed by atoms with Crippen molar-refractivity contribution in [3.05, 3.63) is 45.9 Å². The lowest BCUT2D eigenvalue weighted by molar-refractivity contribution is -0.116. The average molecular weight is 260 g/mol. The maximum Gasteiger partial charge on any atom is 0.224 e. The van der Waals surface area contributed by atoms with Crippen molar-refractivity contribution in [3.63, 3.8) is 0 Å². The molecular formula is C14H16N2OS. The minimum Gasteiger partial charge on any atom is -0.326 e. The van der Waals surface area contributed by atoms with Crippen LogP contribution in [-0.4, -0.2) is 10.9 Å². The van der Waals surface area contributed by atoms with E-state index in [1.807, 2.05) is 43.5 Å². The summed E-state index contributed by atoms with van der Waals surface area (Å²) in [6.07, 6.45) is 1.18. The van der Waals surface area contributed by atoms with Crippen LogP contribution >= 0.6 is 11.3 Å². The van der Waals surface area contributed by atoms with Crippen molar-refractivity contribution >= 4 is 22.9 Å². The Balaban J connectivity index is 1.88. The Hall–Kier alpha value is -1.68. The van der Waals surface area contributed by atoms with E-state index in [-0.39, 0.29) is 5.91 Å². The molecule has 0 spiro atoms. The highest BCUT2D eigenvalue weighted by molar-refractivity contribution is 7.09. The fraction of sp³-hybridized carbons (Fsp3) is 0.286. The number of benzene rings is 1. The second-order valence-corrected chi connectivity index (χ2v) is 5.19. The summed E-state index contributed by atoms with van der Waals surface area (Å²) in [7, 11) is 0. The van der Waals surface area contributed by atoms with Crippen molar-refractivity contribution in [1.29, 1.82) is 0 Å². The SMILES string of the molecule is Cc1csc(CCC(=O)Nc2ccccc2C)n1. The Kier molecular flexibility index (Phi) is 4.10. The van der Waals surface area contributed by atoms with Gasteiger partial charge in [-0.1, -0.05) is 18.2 Å². The molecule has 4 heteroatoms. The lowest BCUT2D eigenvalue weighted by Gasteiger charge is -2.07. The summed E-state index contributed by atoms with van der Waals surface area (Å²) < 4.78 is 0. The summed E-state index contributed by atoms with van der Waals surface area (Å²) >= 11 is 1.61. The summed E-state index contributed by atoms with van der Waals surface area (Å²) in [5.41, 5.74) is 2.99. The van der Waals surface area contributed by atoms with Crippen molar-refractivity contribution < 1.29 is 4.79 Å². The van der Waals surface area contributed by atoms with Crippen LogP contribution in [0.1, 0.15) is 22.7 Å². The monoisotopic (exact) mass is 260 g/mol. The fourth-order valence-electron chi connectivity index (χ4n) is 1.66. The topological polar surface area (TPSA) is 42.0 Å². The third kappa shape index (κ3) is 3.40. The Morgan fingerprint density at radius 1 is 1.33 bits per heavy atom. The van der Waals surface area contributed by atoms with Crippen LogP contribution in [0.3, 0.4) is 0 Å². The molecule has 0 radical (unpaired) electrons. The smallest absolute Gasteiger partial charge is 0.224 e. The summed E-state index contributed by atoms with van der Waals surface area (Å²) in [6.45, 7) is 3.95. The van der Waals surface area contributed by atoms with Crippen molar-refractivity contribution in [1.82, 2.24) is 4.98 Å². The van der Waals surface area contributed by atoms with Crippen LogP contribution in [0.15, 0.2) is 29.6 Å². The molecule has 0 bridgehead atoms. The first-order chi connectivity index (χ1) is 8.65. The van der Waals surface area contributed by atoms with Crippen LogP contribution in [0.25, 0.3) is 0 Å². The highest BCUT2D eigenvalue weighted by Gasteiger charge is 2.06. The molecule has 0 saturated heterocycles. The van der Waals surface area contributed by atoms with Crippen LogP contribution in [0.2, 0.25) is 0 Å². The molecule has 1 heterocycles. The molecule has 1 aromatic carbocycles. The van der Waals surface area contributed by atoms with Gasteiger partial charge < -0.3 is 5.32 Å². The molecule has 0 atom stereocenters. The number of carbonyl (C=O) groups is 1.